The highest BCUT2D eigenvalue weighted by Crippen LogP contribution is 2.19. The molecule has 1 fully saturated rings. The quantitative estimate of drug-likeness (QED) is 0.746. The Morgan fingerprint density at radius 1 is 1.24 bits per heavy atom. The Labute approximate surface area is 127 Å². The first-order chi connectivity index (χ1) is 10.3. The van der Waals surface area contributed by atoms with Crippen molar-refractivity contribution in [2.24, 2.45) is 5.92 Å². The molecule has 4 heteroatoms. The molecule has 1 aromatic rings. The number of aliphatic hydroxyl groups excluding tert-OH is 1. The molecular weight excluding hydrogens is 266 g/mol. The molecule has 1 aliphatic heterocycles. The van der Waals surface area contributed by atoms with E-state index in [2.05, 4.69) is 4.90 Å². The molecule has 0 bridgehead atoms. The Morgan fingerprint density at radius 3 is 2.81 bits per heavy atom. The van der Waals surface area contributed by atoms with Gasteiger partial charge in [0.05, 0.1) is 19.3 Å². The highest BCUT2D eigenvalue weighted by Gasteiger charge is 2.22. The lowest BCUT2D eigenvalue weighted by Crippen LogP contribution is -2.41. The van der Waals surface area contributed by atoms with Gasteiger partial charge in [0.1, 0.15) is 12.4 Å². The van der Waals surface area contributed by atoms with Gasteiger partial charge in [0.2, 0.25) is 0 Å². The molecule has 118 valence electrons. The summed E-state index contributed by atoms with van der Waals surface area (Å²) in [5.41, 5.74) is 0. The second-order valence-electron chi connectivity index (χ2n) is 5.72. The molecule has 0 amide bonds. The normalized spacial score (nSPS) is 21.1. The summed E-state index contributed by atoms with van der Waals surface area (Å²) < 4.78 is 11.2. The third-order valence-electron chi connectivity index (χ3n) is 4.02. The van der Waals surface area contributed by atoms with E-state index in [4.69, 9.17) is 9.47 Å². The fraction of sp³-hybridized carbons (Fsp3) is 0.647. The molecule has 1 saturated heterocycles. The van der Waals surface area contributed by atoms with Gasteiger partial charge in [-0.25, -0.2) is 0 Å². The van der Waals surface area contributed by atoms with Gasteiger partial charge in [-0.15, -0.1) is 0 Å². The first-order valence-electron chi connectivity index (χ1n) is 7.91. The first-order valence-corrected chi connectivity index (χ1v) is 7.91. The van der Waals surface area contributed by atoms with E-state index in [1.807, 2.05) is 37.3 Å². The summed E-state index contributed by atoms with van der Waals surface area (Å²) in [4.78, 5) is 2.39. The van der Waals surface area contributed by atoms with E-state index in [1.165, 1.54) is 6.42 Å². The molecule has 1 N–H and O–H groups in total. The van der Waals surface area contributed by atoms with Crippen LogP contribution in [0.4, 0.5) is 0 Å². The number of para-hydroxylation sites is 1. The molecule has 21 heavy (non-hydrogen) atoms. The Kier molecular flexibility index (Phi) is 7.00. The molecule has 1 aliphatic rings. The van der Waals surface area contributed by atoms with Crippen LogP contribution in [0.2, 0.25) is 0 Å². The molecule has 4 nitrogen and oxygen atoms in total. The number of ether oxygens (including phenoxy) is 2. The summed E-state index contributed by atoms with van der Waals surface area (Å²) in [7, 11) is 0. The zero-order chi connectivity index (χ0) is 14.9. The fourth-order valence-electron chi connectivity index (χ4n) is 2.72. The molecule has 0 spiro atoms. The van der Waals surface area contributed by atoms with Gasteiger partial charge in [0, 0.05) is 13.1 Å². The Hall–Kier alpha value is -1.10. The molecule has 0 radical (unpaired) electrons. The van der Waals surface area contributed by atoms with Gasteiger partial charge in [-0.2, -0.15) is 0 Å². The Morgan fingerprint density at radius 2 is 2.05 bits per heavy atom. The topological polar surface area (TPSA) is 41.9 Å². The van der Waals surface area contributed by atoms with Crippen molar-refractivity contribution in [2.75, 3.05) is 39.5 Å². The molecule has 1 aromatic carbocycles. The lowest BCUT2D eigenvalue weighted by molar-refractivity contribution is 0.0376. The maximum atomic E-state index is 9.67. The standard InChI is InChI=1S/C17H27NO3/c1-15(19)16-6-5-9-18(14-16)10-11-20-12-13-21-17-7-3-2-4-8-17/h2-4,7-8,15-16,19H,5-6,9-14H2,1H3. The Bertz CT molecular complexity index is 383. The number of likely N-dealkylation sites (tertiary alicyclic amines) is 1. The maximum Gasteiger partial charge on any atom is 0.119 e. The molecule has 2 unspecified atom stereocenters. The minimum atomic E-state index is -0.201. The van der Waals surface area contributed by atoms with E-state index in [9.17, 15) is 5.11 Å². The van der Waals surface area contributed by atoms with E-state index in [1.54, 1.807) is 0 Å². The van der Waals surface area contributed by atoms with Crippen LogP contribution in [-0.4, -0.2) is 55.6 Å². The largest absolute Gasteiger partial charge is 0.491 e. The summed E-state index contributed by atoms with van der Waals surface area (Å²) in [5, 5.41) is 9.67. The van der Waals surface area contributed by atoms with Crippen LogP contribution in [0.25, 0.3) is 0 Å². The lowest BCUT2D eigenvalue weighted by Gasteiger charge is -2.33. The van der Waals surface area contributed by atoms with E-state index >= 15 is 0 Å². The minimum absolute atomic E-state index is 0.201. The summed E-state index contributed by atoms with van der Waals surface area (Å²) in [6.07, 6.45) is 2.11. The van der Waals surface area contributed by atoms with Crippen LogP contribution in [0.3, 0.4) is 0 Å². The molecule has 2 rings (SSSR count). The van der Waals surface area contributed by atoms with Gasteiger partial charge in [0.25, 0.3) is 0 Å². The molecule has 0 aromatic heterocycles. The average Bonchev–Trinajstić information content (AvgIpc) is 2.52. The molecular formula is C17H27NO3. The highest BCUT2D eigenvalue weighted by atomic mass is 16.5. The third-order valence-corrected chi connectivity index (χ3v) is 4.02. The number of hydrogen-bond donors (Lipinski definition) is 1. The first kappa shape index (κ1) is 16.3. The van der Waals surface area contributed by atoms with Crippen LogP contribution in [0, 0.1) is 5.92 Å². The van der Waals surface area contributed by atoms with Gasteiger partial charge in [-0.3, -0.25) is 0 Å². The predicted molar refractivity (Wildman–Crippen MR) is 83.6 cm³/mol. The minimum Gasteiger partial charge on any atom is -0.491 e. The SMILES string of the molecule is CC(O)C1CCCN(CCOCCOc2ccccc2)C1. The van der Waals surface area contributed by atoms with Gasteiger partial charge in [0.15, 0.2) is 0 Å². The van der Waals surface area contributed by atoms with Crippen LogP contribution in [-0.2, 0) is 4.74 Å². The van der Waals surface area contributed by atoms with Crippen molar-refractivity contribution in [3.05, 3.63) is 30.3 Å². The number of nitrogens with zero attached hydrogens (tertiary/aromatic N) is 1. The fourth-order valence-corrected chi connectivity index (χ4v) is 2.72. The van der Waals surface area contributed by atoms with Crippen LogP contribution >= 0.6 is 0 Å². The van der Waals surface area contributed by atoms with Crippen molar-refractivity contribution < 1.29 is 14.6 Å². The van der Waals surface area contributed by atoms with Crippen molar-refractivity contribution in [3.8, 4) is 5.75 Å². The van der Waals surface area contributed by atoms with Crippen LogP contribution in [0.1, 0.15) is 19.8 Å². The number of hydrogen-bond acceptors (Lipinski definition) is 4. The number of aliphatic hydroxyl groups is 1. The molecule has 1 heterocycles. The van der Waals surface area contributed by atoms with Crippen LogP contribution in [0.15, 0.2) is 30.3 Å². The van der Waals surface area contributed by atoms with Gasteiger partial charge in [-0.1, -0.05) is 18.2 Å². The van der Waals surface area contributed by atoms with E-state index in [0.717, 1.165) is 38.4 Å². The van der Waals surface area contributed by atoms with Crippen molar-refractivity contribution in [3.63, 3.8) is 0 Å². The molecule has 0 aliphatic carbocycles. The number of benzene rings is 1. The summed E-state index contributed by atoms with van der Waals surface area (Å²) in [5.74, 6) is 1.30. The Balaban J connectivity index is 1.51. The second-order valence-corrected chi connectivity index (χ2v) is 5.72. The summed E-state index contributed by atoms with van der Waals surface area (Å²) >= 11 is 0. The highest BCUT2D eigenvalue weighted by molar-refractivity contribution is 5.20. The lowest BCUT2D eigenvalue weighted by atomic mass is 9.93. The van der Waals surface area contributed by atoms with Crippen molar-refractivity contribution in [1.82, 2.24) is 4.90 Å². The molecule has 2 atom stereocenters. The smallest absolute Gasteiger partial charge is 0.119 e. The third kappa shape index (κ3) is 6.04. The van der Waals surface area contributed by atoms with Crippen molar-refractivity contribution >= 4 is 0 Å². The van der Waals surface area contributed by atoms with E-state index in [0.29, 0.717) is 19.1 Å². The van der Waals surface area contributed by atoms with Gasteiger partial charge >= 0.3 is 0 Å². The average molecular weight is 293 g/mol. The maximum absolute atomic E-state index is 9.67. The monoisotopic (exact) mass is 293 g/mol. The predicted octanol–water partition coefficient (Wildman–Crippen LogP) is 2.17. The molecule has 0 saturated carbocycles. The zero-order valence-electron chi connectivity index (χ0n) is 12.9. The van der Waals surface area contributed by atoms with Crippen molar-refractivity contribution in [1.29, 1.82) is 0 Å². The summed E-state index contributed by atoms with van der Waals surface area (Å²) in [6, 6.07) is 9.80. The number of piperidine rings is 1. The van der Waals surface area contributed by atoms with Gasteiger partial charge in [-0.05, 0) is 44.4 Å². The zero-order valence-corrected chi connectivity index (χ0v) is 12.9. The van der Waals surface area contributed by atoms with Crippen LogP contribution < -0.4 is 4.74 Å². The van der Waals surface area contributed by atoms with E-state index in [-0.39, 0.29) is 6.10 Å². The van der Waals surface area contributed by atoms with Crippen LogP contribution in [0.5, 0.6) is 5.75 Å². The second kappa shape index (κ2) is 9.03. The van der Waals surface area contributed by atoms with E-state index < -0.39 is 0 Å². The van der Waals surface area contributed by atoms with Gasteiger partial charge < -0.3 is 19.5 Å². The van der Waals surface area contributed by atoms with Crippen molar-refractivity contribution in [2.45, 2.75) is 25.9 Å². The number of rotatable bonds is 8. The summed E-state index contributed by atoms with van der Waals surface area (Å²) in [6.45, 7) is 6.86.